The standard InChI is InChI=1S/C19H21F2N3O2/c1-22-14-2-5-16(6-3-14)26-13-19(25)24-10-8-23(9-11-24)15-4-7-17(20)18(21)12-15/h2-7,12,22H,8-11,13H2,1H3. The number of benzene rings is 2. The Labute approximate surface area is 151 Å². The first kappa shape index (κ1) is 18.0. The van der Waals surface area contributed by atoms with Crippen LogP contribution >= 0.6 is 0 Å². The second-order valence-electron chi connectivity index (χ2n) is 6.03. The Morgan fingerprint density at radius 1 is 1.04 bits per heavy atom. The van der Waals surface area contributed by atoms with Gasteiger partial charge in [-0.3, -0.25) is 4.79 Å². The lowest BCUT2D eigenvalue weighted by Gasteiger charge is -2.36. The molecule has 0 spiro atoms. The molecule has 2 aromatic carbocycles. The van der Waals surface area contributed by atoms with Crippen LogP contribution in [0.25, 0.3) is 0 Å². The van der Waals surface area contributed by atoms with E-state index in [4.69, 9.17) is 4.74 Å². The number of anilines is 2. The fraction of sp³-hybridized carbons (Fsp3) is 0.316. The SMILES string of the molecule is CNc1ccc(OCC(=O)N2CCN(c3ccc(F)c(F)c3)CC2)cc1. The lowest BCUT2D eigenvalue weighted by molar-refractivity contribution is -0.133. The molecule has 1 N–H and O–H groups in total. The Bertz CT molecular complexity index is 760. The predicted molar refractivity (Wildman–Crippen MR) is 96.6 cm³/mol. The highest BCUT2D eigenvalue weighted by molar-refractivity contribution is 5.78. The van der Waals surface area contributed by atoms with Crippen LogP contribution in [0.1, 0.15) is 0 Å². The summed E-state index contributed by atoms with van der Waals surface area (Å²) in [7, 11) is 1.83. The van der Waals surface area contributed by atoms with Gasteiger partial charge in [-0.1, -0.05) is 0 Å². The lowest BCUT2D eigenvalue weighted by atomic mass is 10.2. The van der Waals surface area contributed by atoms with E-state index in [0.717, 1.165) is 11.8 Å². The van der Waals surface area contributed by atoms with E-state index in [2.05, 4.69) is 5.32 Å². The Hall–Kier alpha value is -2.83. The number of nitrogens with one attached hydrogen (secondary N) is 1. The van der Waals surface area contributed by atoms with Crippen molar-refractivity contribution in [2.75, 3.05) is 50.1 Å². The minimum atomic E-state index is -0.862. The Balaban J connectivity index is 1.49. The molecule has 0 aliphatic carbocycles. The largest absolute Gasteiger partial charge is 0.484 e. The van der Waals surface area contributed by atoms with Crippen LogP contribution in [0.4, 0.5) is 20.2 Å². The lowest BCUT2D eigenvalue weighted by Crippen LogP contribution is -2.50. The van der Waals surface area contributed by atoms with Gasteiger partial charge in [0.25, 0.3) is 5.91 Å². The van der Waals surface area contributed by atoms with Crippen molar-refractivity contribution in [3.05, 3.63) is 54.1 Å². The van der Waals surface area contributed by atoms with Gasteiger partial charge in [-0.2, -0.15) is 0 Å². The highest BCUT2D eigenvalue weighted by Gasteiger charge is 2.22. The fourth-order valence-electron chi connectivity index (χ4n) is 2.85. The summed E-state index contributed by atoms with van der Waals surface area (Å²) < 4.78 is 31.9. The second kappa shape index (κ2) is 8.03. The van der Waals surface area contributed by atoms with Crippen LogP contribution in [0.3, 0.4) is 0 Å². The molecule has 26 heavy (non-hydrogen) atoms. The Morgan fingerprint density at radius 3 is 2.35 bits per heavy atom. The maximum atomic E-state index is 13.4. The molecule has 1 aliphatic rings. The molecule has 0 radical (unpaired) electrons. The zero-order valence-electron chi connectivity index (χ0n) is 14.5. The molecule has 3 rings (SSSR count). The Kier molecular flexibility index (Phi) is 5.55. The smallest absolute Gasteiger partial charge is 0.260 e. The molecule has 138 valence electrons. The summed E-state index contributed by atoms with van der Waals surface area (Å²) in [5, 5.41) is 3.02. The van der Waals surface area contributed by atoms with Crippen molar-refractivity contribution in [1.82, 2.24) is 4.90 Å². The zero-order chi connectivity index (χ0) is 18.5. The number of carbonyl (C=O) groups excluding carboxylic acids is 1. The molecule has 1 heterocycles. The summed E-state index contributed by atoms with van der Waals surface area (Å²) >= 11 is 0. The molecule has 1 saturated heterocycles. The first-order valence-corrected chi connectivity index (χ1v) is 8.45. The summed E-state index contributed by atoms with van der Waals surface area (Å²) in [5.41, 5.74) is 1.59. The number of nitrogens with zero attached hydrogens (tertiary/aromatic N) is 2. The van der Waals surface area contributed by atoms with E-state index < -0.39 is 11.6 Å². The summed E-state index contributed by atoms with van der Waals surface area (Å²) in [6, 6.07) is 11.2. The monoisotopic (exact) mass is 361 g/mol. The number of ether oxygens (including phenoxy) is 1. The zero-order valence-corrected chi connectivity index (χ0v) is 14.5. The third-order valence-electron chi connectivity index (χ3n) is 4.41. The highest BCUT2D eigenvalue weighted by atomic mass is 19.2. The van der Waals surface area contributed by atoms with Crippen molar-refractivity contribution in [1.29, 1.82) is 0 Å². The van der Waals surface area contributed by atoms with Gasteiger partial charge in [-0.15, -0.1) is 0 Å². The maximum Gasteiger partial charge on any atom is 0.260 e. The van der Waals surface area contributed by atoms with E-state index in [1.807, 2.05) is 24.1 Å². The topological polar surface area (TPSA) is 44.8 Å². The Morgan fingerprint density at radius 2 is 1.73 bits per heavy atom. The molecule has 0 atom stereocenters. The van der Waals surface area contributed by atoms with Crippen LogP contribution in [-0.2, 0) is 4.79 Å². The number of piperazine rings is 1. The van der Waals surface area contributed by atoms with Crippen LogP contribution < -0.4 is 15.0 Å². The van der Waals surface area contributed by atoms with Crippen LogP contribution in [0.15, 0.2) is 42.5 Å². The van der Waals surface area contributed by atoms with E-state index in [9.17, 15) is 13.6 Å². The summed E-state index contributed by atoms with van der Waals surface area (Å²) in [6.45, 7) is 2.13. The third kappa shape index (κ3) is 4.22. The van der Waals surface area contributed by atoms with Crippen molar-refractivity contribution in [3.63, 3.8) is 0 Å². The minimum Gasteiger partial charge on any atom is -0.484 e. The average Bonchev–Trinajstić information content (AvgIpc) is 2.69. The van der Waals surface area contributed by atoms with Crippen LogP contribution in [0.2, 0.25) is 0 Å². The molecule has 0 bridgehead atoms. The highest BCUT2D eigenvalue weighted by Crippen LogP contribution is 2.20. The molecule has 1 aliphatic heterocycles. The maximum absolute atomic E-state index is 13.4. The number of carbonyl (C=O) groups is 1. The van der Waals surface area contributed by atoms with Crippen LogP contribution in [-0.4, -0.2) is 50.6 Å². The van der Waals surface area contributed by atoms with Crippen molar-refractivity contribution in [2.24, 2.45) is 0 Å². The number of halogens is 2. The molecule has 0 saturated carbocycles. The summed E-state index contributed by atoms with van der Waals surface area (Å²) in [6.07, 6.45) is 0. The molecular formula is C19H21F2N3O2. The van der Waals surface area contributed by atoms with Crippen LogP contribution in [0, 0.1) is 11.6 Å². The van der Waals surface area contributed by atoms with Crippen molar-refractivity contribution < 1.29 is 18.3 Å². The number of amides is 1. The van der Waals surface area contributed by atoms with Crippen molar-refractivity contribution in [2.45, 2.75) is 0 Å². The van der Waals surface area contributed by atoms with E-state index in [-0.39, 0.29) is 12.5 Å². The molecular weight excluding hydrogens is 340 g/mol. The molecule has 0 aromatic heterocycles. The van der Waals surface area contributed by atoms with Gasteiger partial charge in [0.1, 0.15) is 5.75 Å². The molecule has 2 aromatic rings. The predicted octanol–water partition coefficient (Wildman–Crippen LogP) is 2.73. The van der Waals surface area contributed by atoms with Crippen LogP contribution in [0.5, 0.6) is 5.75 Å². The van der Waals surface area contributed by atoms with E-state index in [1.165, 1.54) is 6.07 Å². The third-order valence-corrected chi connectivity index (χ3v) is 4.41. The number of rotatable bonds is 5. The first-order valence-electron chi connectivity index (χ1n) is 8.45. The number of hydrogen-bond donors (Lipinski definition) is 1. The fourth-order valence-corrected chi connectivity index (χ4v) is 2.85. The quantitative estimate of drug-likeness (QED) is 0.890. The molecule has 1 fully saturated rings. The molecule has 7 heteroatoms. The first-order chi connectivity index (χ1) is 12.6. The molecule has 1 amide bonds. The minimum absolute atomic E-state index is 0.0237. The van der Waals surface area contributed by atoms with E-state index in [0.29, 0.717) is 37.6 Å². The van der Waals surface area contributed by atoms with Gasteiger partial charge in [0.2, 0.25) is 0 Å². The molecule has 0 unspecified atom stereocenters. The summed E-state index contributed by atoms with van der Waals surface area (Å²) in [4.78, 5) is 16.0. The van der Waals surface area contributed by atoms with Gasteiger partial charge in [-0.25, -0.2) is 8.78 Å². The van der Waals surface area contributed by atoms with E-state index in [1.54, 1.807) is 23.1 Å². The van der Waals surface area contributed by atoms with Gasteiger partial charge in [0.05, 0.1) is 0 Å². The second-order valence-corrected chi connectivity index (χ2v) is 6.03. The number of hydrogen-bond acceptors (Lipinski definition) is 4. The van der Waals surface area contributed by atoms with Gasteiger partial charge >= 0.3 is 0 Å². The van der Waals surface area contributed by atoms with E-state index >= 15 is 0 Å². The van der Waals surface area contributed by atoms with Crippen molar-refractivity contribution >= 4 is 17.3 Å². The summed E-state index contributed by atoms with van der Waals surface area (Å²) in [5.74, 6) is -1.17. The molecule has 5 nitrogen and oxygen atoms in total. The van der Waals surface area contributed by atoms with Gasteiger partial charge in [0, 0.05) is 50.7 Å². The normalized spacial score (nSPS) is 14.3. The van der Waals surface area contributed by atoms with Gasteiger partial charge in [-0.05, 0) is 36.4 Å². The average molecular weight is 361 g/mol. The van der Waals surface area contributed by atoms with Crippen molar-refractivity contribution in [3.8, 4) is 5.75 Å². The van der Waals surface area contributed by atoms with Gasteiger partial charge in [0.15, 0.2) is 18.2 Å². The van der Waals surface area contributed by atoms with Gasteiger partial charge < -0.3 is 19.9 Å².